The normalized spacial score (nSPS) is 14.0. The van der Waals surface area contributed by atoms with Crippen LogP contribution in [-0.4, -0.2) is 27.1 Å². The third kappa shape index (κ3) is 3.90. The number of ether oxygens (including phenoxy) is 1. The van der Waals surface area contributed by atoms with Gasteiger partial charge in [0.05, 0.1) is 11.8 Å². The Morgan fingerprint density at radius 1 is 1.38 bits per heavy atom. The zero-order valence-corrected chi connectivity index (χ0v) is 13.7. The van der Waals surface area contributed by atoms with Gasteiger partial charge in [0.25, 0.3) is 0 Å². The number of aliphatic hydroxyl groups is 1. The first kappa shape index (κ1) is 16.1. The summed E-state index contributed by atoms with van der Waals surface area (Å²) >= 11 is 12.1. The van der Waals surface area contributed by atoms with E-state index in [0.717, 1.165) is 11.3 Å². The fourth-order valence-electron chi connectivity index (χ4n) is 2.11. The van der Waals surface area contributed by atoms with Crippen LogP contribution in [0.5, 0.6) is 5.75 Å². The zero-order chi connectivity index (χ0) is 15.6. The Balaban J connectivity index is 2.04. The van der Waals surface area contributed by atoms with E-state index in [1.54, 1.807) is 36.0 Å². The molecule has 1 aromatic carbocycles. The Morgan fingerprint density at radius 3 is 2.67 bits per heavy atom. The van der Waals surface area contributed by atoms with E-state index in [9.17, 15) is 5.11 Å². The molecule has 0 spiro atoms. The average molecular weight is 329 g/mol. The van der Waals surface area contributed by atoms with Crippen molar-refractivity contribution >= 4 is 23.2 Å². The van der Waals surface area contributed by atoms with Gasteiger partial charge in [-0.05, 0) is 32.0 Å². The van der Waals surface area contributed by atoms with Gasteiger partial charge in [0.15, 0.2) is 0 Å². The zero-order valence-electron chi connectivity index (χ0n) is 12.2. The van der Waals surface area contributed by atoms with Crippen LogP contribution in [0.1, 0.15) is 18.2 Å². The Kier molecular flexibility index (Phi) is 5.14. The van der Waals surface area contributed by atoms with Crippen molar-refractivity contribution in [1.82, 2.24) is 9.78 Å². The van der Waals surface area contributed by atoms with E-state index in [4.69, 9.17) is 27.9 Å². The second-order valence-corrected chi connectivity index (χ2v) is 5.82. The van der Waals surface area contributed by atoms with Gasteiger partial charge in [0.1, 0.15) is 17.0 Å². The van der Waals surface area contributed by atoms with E-state index in [-0.39, 0.29) is 6.10 Å². The molecule has 2 rings (SSSR count). The van der Waals surface area contributed by atoms with Gasteiger partial charge >= 0.3 is 0 Å². The van der Waals surface area contributed by atoms with Gasteiger partial charge in [0, 0.05) is 24.1 Å². The molecule has 1 heterocycles. The third-order valence-electron chi connectivity index (χ3n) is 3.34. The summed E-state index contributed by atoms with van der Waals surface area (Å²) in [5, 5.41) is 15.7. The smallest absolute Gasteiger partial charge is 0.130 e. The minimum atomic E-state index is -0.690. The lowest BCUT2D eigenvalue weighted by atomic mass is 10.1. The van der Waals surface area contributed by atoms with Crippen LogP contribution in [0.15, 0.2) is 24.3 Å². The van der Waals surface area contributed by atoms with Crippen LogP contribution in [0.4, 0.5) is 0 Å². The van der Waals surface area contributed by atoms with E-state index in [0.29, 0.717) is 22.3 Å². The van der Waals surface area contributed by atoms with E-state index < -0.39 is 6.10 Å². The van der Waals surface area contributed by atoms with Crippen LogP contribution < -0.4 is 4.74 Å². The molecular formula is C15H18Cl2N2O2. The minimum absolute atomic E-state index is 0.389. The van der Waals surface area contributed by atoms with Gasteiger partial charge in [0.2, 0.25) is 0 Å². The number of nitrogens with zero attached hydrogens (tertiary/aromatic N) is 2. The summed E-state index contributed by atoms with van der Waals surface area (Å²) < 4.78 is 7.31. The third-order valence-corrected chi connectivity index (χ3v) is 4.05. The Morgan fingerprint density at radius 2 is 2.10 bits per heavy atom. The minimum Gasteiger partial charge on any atom is -0.488 e. The van der Waals surface area contributed by atoms with Crippen LogP contribution in [-0.2, 0) is 13.5 Å². The first-order chi connectivity index (χ1) is 9.88. The number of hydrogen-bond acceptors (Lipinski definition) is 3. The molecule has 0 saturated carbocycles. The Hall–Kier alpha value is -1.23. The Labute approximate surface area is 134 Å². The van der Waals surface area contributed by atoms with Crippen molar-refractivity contribution in [2.24, 2.45) is 7.05 Å². The molecule has 1 N–H and O–H groups in total. The van der Waals surface area contributed by atoms with Crippen molar-refractivity contribution < 1.29 is 9.84 Å². The van der Waals surface area contributed by atoms with Gasteiger partial charge in [-0.25, -0.2) is 0 Å². The molecule has 114 valence electrons. The lowest BCUT2D eigenvalue weighted by molar-refractivity contribution is 0.0478. The molecule has 2 atom stereocenters. The maximum absolute atomic E-state index is 10.3. The van der Waals surface area contributed by atoms with E-state index in [2.05, 4.69) is 5.10 Å². The monoisotopic (exact) mass is 328 g/mol. The quantitative estimate of drug-likeness (QED) is 0.914. The predicted molar refractivity (Wildman–Crippen MR) is 84.2 cm³/mol. The molecule has 0 amide bonds. The molecule has 4 nitrogen and oxygen atoms in total. The van der Waals surface area contributed by atoms with Gasteiger partial charge < -0.3 is 9.84 Å². The number of rotatable bonds is 5. The molecule has 0 bridgehead atoms. The van der Waals surface area contributed by atoms with E-state index in [1.807, 2.05) is 13.8 Å². The molecule has 0 aliphatic rings. The van der Waals surface area contributed by atoms with Crippen molar-refractivity contribution in [3.05, 3.63) is 45.7 Å². The van der Waals surface area contributed by atoms with Gasteiger partial charge in [-0.1, -0.05) is 29.3 Å². The van der Waals surface area contributed by atoms with Crippen molar-refractivity contribution in [2.45, 2.75) is 32.5 Å². The summed E-state index contributed by atoms with van der Waals surface area (Å²) in [7, 11) is 1.77. The number of aliphatic hydroxyl groups excluding tert-OH is 1. The standard InChI is InChI=1S/C15H18Cl2N2O2/c1-9-13(15(17)19(3)18-9)8-14(20)10(2)21-12-6-4-5-11(16)7-12/h4-7,10,14,20H,8H2,1-3H3. The second kappa shape index (κ2) is 6.69. The summed E-state index contributed by atoms with van der Waals surface area (Å²) in [5.41, 5.74) is 1.66. The Bertz CT molecular complexity index is 628. The highest BCUT2D eigenvalue weighted by Gasteiger charge is 2.21. The van der Waals surface area contributed by atoms with Crippen LogP contribution in [0.25, 0.3) is 0 Å². The number of halogens is 2. The summed E-state index contributed by atoms with van der Waals surface area (Å²) in [6.07, 6.45) is -0.691. The highest BCUT2D eigenvalue weighted by Crippen LogP contribution is 2.23. The largest absolute Gasteiger partial charge is 0.488 e. The fourth-order valence-corrected chi connectivity index (χ4v) is 2.55. The molecule has 2 unspecified atom stereocenters. The highest BCUT2D eigenvalue weighted by atomic mass is 35.5. The molecule has 0 fully saturated rings. The number of aromatic nitrogens is 2. The molecule has 6 heteroatoms. The fraction of sp³-hybridized carbons (Fsp3) is 0.400. The topological polar surface area (TPSA) is 47.3 Å². The van der Waals surface area contributed by atoms with E-state index >= 15 is 0 Å². The summed E-state index contributed by atoms with van der Waals surface area (Å²) in [6.45, 7) is 3.68. The van der Waals surface area contributed by atoms with Crippen LogP contribution >= 0.6 is 23.2 Å². The molecule has 21 heavy (non-hydrogen) atoms. The van der Waals surface area contributed by atoms with E-state index in [1.165, 1.54) is 0 Å². The van der Waals surface area contributed by atoms with Crippen LogP contribution in [0.3, 0.4) is 0 Å². The molecule has 0 aliphatic carbocycles. The first-order valence-electron chi connectivity index (χ1n) is 6.66. The summed E-state index contributed by atoms with van der Waals surface area (Å²) in [5.74, 6) is 0.628. The van der Waals surface area contributed by atoms with Crippen molar-refractivity contribution in [2.75, 3.05) is 0 Å². The number of benzene rings is 1. The first-order valence-corrected chi connectivity index (χ1v) is 7.42. The highest BCUT2D eigenvalue weighted by molar-refractivity contribution is 6.30. The van der Waals surface area contributed by atoms with Gasteiger partial charge in [-0.3, -0.25) is 4.68 Å². The van der Waals surface area contributed by atoms with Crippen molar-refractivity contribution in [1.29, 1.82) is 0 Å². The summed E-state index contributed by atoms with van der Waals surface area (Å²) in [4.78, 5) is 0. The molecule has 0 radical (unpaired) electrons. The lowest BCUT2D eigenvalue weighted by Gasteiger charge is -2.20. The number of aryl methyl sites for hydroxylation is 2. The summed E-state index contributed by atoms with van der Waals surface area (Å²) in [6, 6.07) is 7.09. The van der Waals surface area contributed by atoms with Gasteiger partial charge in [-0.15, -0.1) is 0 Å². The SMILES string of the molecule is Cc1nn(C)c(Cl)c1CC(O)C(C)Oc1cccc(Cl)c1. The van der Waals surface area contributed by atoms with Crippen molar-refractivity contribution in [3.8, 4) is 5.75 Å². The van der Waals surface area contributed by atoms with Gasteiger partial charge in [-0.2, -0.15) is 5.10 Å². The van der Waals surface area contributed by atoms with Crippen molar-refractivity contribution in [3.63, 3.8) is 0 Å². The van der Waals surface area contributed by atoms with Crippen LogP contribution in [0, 0.1) is 6.92 Å². The predicted octanol–water partition coefficient (Wildman–Crippen LogP) is 3.41. The molecule has 2 aromatic rings. The maximum atomic E-state index is 10.3. The average Bonchev–Trinajstić information content (AvgIpc) is 2.65. The second-order valence-electron chi connectivity index (χ2n) is 5.03. The van der Waals surface area contributed by atoms with Crippen LogP contribution in [0.2, 0.25) is 10.2 Å². The molecule has 0 aliphatic heterocycles. The lowest BCUT2D eigenvalue weighted by Crippen LogP contribution is -2.30. The maximum Gasteiger partial charge on any atom is 0.130 e. The number of hydrogen-bond donors (Lipinski definition) is 1. The molecule has 0 saturated heterocycles. The molecular weight excluding hydrogens is 311 g/mol. The molecule has 1 aromatic heterocycles.